The number of allylic oxidation sites excluding steroid dienone is 1. The van der Waals surface area contributed by atoms with Crippen LogP contribution in [0, 0.1) is 19.8 Å². The molecular formula is C26H35NO4. The van der Waals surface area contributed by atoms with Gasteiger partial charge in [0, 0.05) is 5.56 Å². The summed E-state index contributed by atoms with van der Waals surface area (Å²) in [4.78, 5) is 4.85. The number of oxime groups is 1. The Morgan fingerprint density at radius 3 is 2.45 bits per heavy atom. The first kappa shape index (κ1) is 24.3. The van der Waals surface area contributed by atoms with Crippen LogP contribution in [0.25, 0.3) is 0 Å². The number of nitrogens with zero attached hydrogens (tertiary/aromatic N) is 1. The maximum absolute atomic E-state index is 6.09. The first-order chi connectivity index (χ1) is 14.9. The van der Waals surface area contributed by atoms with Crippen molar-refractivity contribution in [3.63, 3.8) is 0 Å². The maximum Gasteiger partial charge on any atom is 0.125 e. The van der Waals surface area contributed by atoms with Gasteiger partial charge in [0.1, 0.15) is 31.0 Å². The summed E-state index contributed by atoms with van der Waals surface area (Å²) >= 11 is 0. The van der Waals surface area contributed by atoms with Crippen molar-refractivity contribution in [1.82, 2.24) is 0 Å². The van der Waals surface area contributed by atoms with E-state index in [1.807, 2.05) is 62.4 Å². The zero-order valence-corrected chi connectivity index (χ0v) is 19.6. The van der Waals surface area contributed by atoms with E-state index in [2.05, 4.69) is 25.9 Å². The zero-order valence-electron chi connectivity index (χ0n) is 19.6. The molecule has 1 atom stereocenters. The molecule has 0 heterocycles. The molecule has 0 bridgehead atoms. The summed E-state index contributed by atoms with van der Waals surface area (Å²) in [5.41, 5.74) is 3.98. The number of rotatable bonds is 12. The summed E-state index contributed by atoms with van der Waals surface area (Å²) in [6.07, 6.45) is 4.88. The van der Waals surface area contributed by atoms with Crippen LogP contribution in [0.1, 0.15) is 43.9 Å². The number of aryl methyl sites for hydroxylation is 2. The number of ether oxygens (including phenoxy) is 3. The van der Waals surface area contributed by atoms with E-state index >= 15 is 0 Å². The fourth-order valence-electron chi connectivity index (χ4n) is 3.15. The number of benzene rings is 2. The van der Waals surface area contributed by atoms with Crippen molar-refractivity contribution in [2.45, 2.75) is 41.0 Å². The summed E-state index contributed by atoms with van der Waals surface area (Å²) in [7, 11) is 1.55. The van der Waals surface area contributed by atoms with E-state index in [4.69, 9.17) is 19.0 Å². The van der Waals surface area contributed by atoms with Gasteiger partial charge >= 0.3 is 0 Å². The van der Waals surface area contributed by atoms with E-state index in [0.29, 0.717) is 25.7 Å². The molecule has 5 nitrogen and oxygen atoms in total. The zero-order chi connectivity index (χ0) is 22.6. The molecule has 0 radical (unpaired) electrons. The van der Waals surface area contributed by atoms with Gasteiger partial charge in [-0.25, -0.2) is 0 Å². The predicted molar refractivity (Wildman–Crippen MR) is 127 cm³/mol. The molecule has 5 heteroatoms. The van der Waals surface area contributed by atoms with Gasteiger partial charge in [0.25, 0.3) is 0 Å². The van der Waals surface area contributed by atoms with Crippen LogP contribution in [0.2, 0.25) is 0 Å². The van der Waals surface area contributed by atoms with Crippen molar-refractivity contribution >= 4 is 5.71 Å². The molecule has 0 saturated carbocycles. The van der Waals surface area contributed by atoms with Crippen LogP contribution >= 0.6 is 0 Å². The molecule has 0 saturated heterocycles. The summed E-state index contributed by atoms with van der Waals surface area (Å²) in [5.74, 6) is 3.00. The molecule has 0 aliphatic heterocycles. The van der Waals surface area contributed by atoms with Gasteiger partial charge in [-0.2, -0.15) is 0 Å². The Balaban J connectivity index is 1.82. The van der Waals surface area contributed by atoms with Gasteiger partial charge in [-0.15, -0.1) is 0 Å². The minimum Gasteiger partial charge on any atom is -0.493 e. The predicted octanol–water partition coefficient (Wildman–Crippen LogP) is 6.11. The Labute approximate surface area is 186 Å². The van der Waals surface area contributed by atoms with Crippen LogP contribution in [0.3, 0.4) is 0 Å². The van der Waals surface area contributed by atoms with Crippen LogP contribution in [0.4, 0.5) is 0 Å². The Morgan fingerprint density at radius 1 is 1.03 bits per heavy atom. The monoisotopic (exact) mass is 425 g/mol. The van der Waals surface area contributed by atoms with Crippen molar-refractivity contribution < 1.29 is 19.0 Å². The largest absolute Gasteiger partial charge is 0.493 e. The lowest BCUT2D eigenvalue weighted by Crippen LogP contribution is -2.13. The summed E-state index contributed by atoms with van der Waals surface area (Å²) in [5, 5.41) is 3.97. The van der Waals surface area contributed by atoms with Gasteiger partial charge < -0.3 is 19.0 Å². The highest BCUT2D eigenvalue weighted by molar-refractivity contribution is 5.98. The third-order valence-corrected chi connectivity index (χ3v) is 4.89. The molecular weight excluding hydrogens is 390 g/mol. The van der Waals surface area contributed by atoms with Crippen LogP contribution in [-0.2, 0) is 4.84 Å². The fraction of sp³-hybridized carbons (Fsp3) is 0.423. The normalized spacial score (nSPS) is 12.6. The smallest absolute Gasteiger partial charge is 0.125 e. The minimum atomic E-state index is 0.362. The van der Waals surface area contributed by atoms with E-state index in [-0.39, 0.29) is 0 Å². The lowest BCUT2D eigenvalue weighted by molar-refractivity contribution is 0.213. The van der Waals surface area contributed by atoms with Gasteiger partial charge in [-0.3, -0.25) is 0 Å². The number of hydrogen-bond acceptors (Lipinski definition) is 5. The van der Waals surface area contributed by atoms with Crippen molar-refractivity contribution in [2.75, 3.05) is 26.9 Å². The number of hydrogen-bond donors (Lipinski definition) is 0. The first-order valence-corrected chi connectivity index (χ1v) is 10.7. The van der Waals surface area contributed by atoms with Gasteiger partial charge in [-0.05, 0) is 75.4 Å². The Morgan fingerprint density at radius 2 is 1.77 bits per heavy atom. The molecule has 2 aromatic rings. The van der Waals surface area contributed by atoms with Crippen molar-refractivity contribution in [2.24, 2.45) is 11.1 Å². The van der Waals surface area contributed by atoms with Crippen LogP contribution < -0.4 is 14.2 Å². The third-order valence-electron chi connectivity index (χ3n) is 4.89. The second-order valence-electron chi connectivity index (χ2n) is 7.71. The van der Waals surface area contributed by atoms with Crippen molar-refractivity contribution in [1.29, 1.82) is 0 Å². The molecule has 0 spiro atoms. The molecule has 0 aromatic heterocycles. The molecule has 31 heavy (non-hydrogen) atoms. The topological polar surface area (TPSA) is 49.3 Å². The molecule has 0 aliphatic rings. The van der Waals surface area contributed by atoms with Crippen LogP contribution in [0.5, 0.6) is 17.2 Å². The minimum absolute atomic E-state index is 0.362. The standard InChI is InChI=1S/C26H35NO4/c1-7-8-13-29-25-15-20(3)26(21(4)16-25)30-14-12-19(2)18-31-24-11-9-10-23(17-24)22(5)27-28-6/h7-11,15-17,19H,12-14,18H2,1-6H3/b8-7+,27-22?. The second kappa shape index (κ2) is 12.7. The molecule has 0 N–H and O–H groups in total. The van der Waals surface area contributed by atoms with E-state index < -0.39 is 0 Å². The van der Waals surface area contributed by atoms with Gasteiger partial charge in [0.05, 0.1) is 18.9 Å². The third kappa shape index (κ3) is 8.00. The highest BCUT2D eigenvalue weighted by Gasteiger charge is 2.10. The summed E-state index contributed by atoms with van der Waals surface area (Å²) < 4.78 is 17.8. The van der Waals surface area contributed by atoms with Crippen molar-refractivity contribution in [3.05, 3.63) is 65.2 Å². The lowest BCUT2D eigenvalue weighted by Gasteiger charge is -2.17. The van der Waals surface area contributed by atoms with E-state index in [1.165, 1.54) is 0 Å². The summed E-state index contributed by atoms with van der Waals surface area (Å²) in [6.45, 7) is 12.0. The van der Waals surface area contributed by atoms with Gasteiger partial charge in [0.2, 0.25) is 0 Å². The first-order valence-electron chi connectivity index (χ1n) is 10.7. The maximum atomic E-state index is 6.09. The average molecular weight is 426 g/mol. The van der Waals surface area contributed by atoms with Crippen LogP contribution in [0.15, 0.2) is 53.7 Å². The molecule has 2 aromatic carbocycles. The lowest BCUT2D eigenvalue weighted by atomic mass is 10.1. The average Bonchev–Trinajstić information content (AvgIpc) is 2.75. The summed E-state index contributed by atoms with van der Waals surface area (Å²) in [6, 6.07) is 11.9. The van der Waals surface area contributed by atoms with E-state index in [1.54, 1.807) is 7.11 Å². The van der Waals surface area contributed by atoms with E-state index in [9.17, 15) is 0 Å². The molecule has 1 unspecified atom stereocenters. The highest BCUT2D eigenvalue weighted by Crippen LogP contribution is 2.29. The molecule has 0 amide bonds. The Bertz CT molecular complexity index is 866. The van der Waals surface area contributed by atoms with Crippen molar-refractivity contribution in [3.8, 4) is 17.2 Å². The molecule has 168 valence electrons. The fourth-order valence-corrected chi connectivity index (χ4v) is 3.15. The molecule has 0 fully saturated rings. The molecule has 2 rings (SSSR count). The Hall–Kier alpha value is -2.95. The van der Waals surface area contributed by atoms with Crippen LogP contribution in [-0.4, -0.2) is 32.6 Å². The second-order valence-corrected chi connectivity index (χ2v) is 7.71. The quantitative estimate of drug-likeness (QED) is 0.234. The highest BCUT2D eigenvalue weighted by atomic mass is 16.6. The van der Waals surface area contributed by atoms with Gasteiger partial charge in [-0.1, -0.05) is 36.4 Å². The van der Waals surface area contributed by atoms with Gasteiger partial charge in [0.15, 0.2) is 0 Å². The SMILES string of the molecule is C/C=C/COc1cc(C)c(OCCC(C)COc2cccc(C(C)=NOC)c2)c(C)c1. The molecule has 0 aliphatic carbocycles. The Kier molecular flexibility index (Phi) is 9.95. The van der Waals surface area contributed by atoms with E-state index in [0.717, 1.165) is 46.1 Å².